The SMILES string of the molecule is O=C(NC1CCCC1)N[C@H]1CCCCCC=C[C@@H]2C[C@@]2(C(=O)NS(=O)(=O)C2CC2)NC(=O)[C@@H]2C[C@@H](NC(=O)N3Cc4ccccc4C3)CN2C1=O. The summed E-state index contributed by atoms with van der Waals surface area (Å²) in [5.74, 6) is -2.23. The summed E-state index contributed by atoms with van der Waals surface area (Å²) in [6, 6.07) is 4.58. The number of fused-ring (bicyclic) bond motifs is 3. The molecule has 0 radical (unpaired) electrons. The minimum atomic E-state index is -3.87. The Morgan fingerprint density at radius 1 is 0.843 bits per heavy atom. The zero-order valence-electron chi connectivity index (χ0n) is 28.9. The van der Waals surface area contributed by atoms with Crippen LogP contribution in [0.2, 0.25) is 0 Å². The van der Waals surface area contributed by atoms with E-state index >= 15 is 0 Å². The fourth-order valence-electron chi connectivity index (χ4n) is 8.10. The highest BCUT2D eigenvalue weighted by molar-refractivity contribution is 7.91. The Kier molecular flexibility index (Phi) is 10.0. The predicted octanol–water partition coefficient (Wildman–Crippen LogP) is 2.30. The fraction of sp³-hybridized carbons (Fsp3) is 0.639. The molecule has 15 heteroatoms. The molecule has 276 valence electrons. The van der Waals surface area contributed by atoms with E-state index in [9.17, 15) is 32.4 Å². The van der Waals surface area contributed by atoms with Gasteiger partial charge >= 0.3 is 12.1 Å². The molecule has 0 unspecified atom stereocenters. The molecule has 3 heterocycles. The summed E-state index contributed by atoms with van der Waals surface area (Å²) in [5.41, 5.74) is 0.643. The Balaban J connectivity index is 1.12. The average molecular weight is 724 g/mol. The summed E-state index contributed by atoms with van der Waals surface area (Å²) in [6.45, 7) is 0.920. The number of nitrogens with one attached hydrogen (secondary N) is 5. The maximum atomic E-state index is 14.4. The summed E-state index contributed by atoms with van der Waals surface area (Å²) < 4.78 is 27.8. The van der Waals surface area contributed by atoms with Crippen LogP contribution in [0.15, 0.2) is 36.4 Å². The molecule has 3 saturated carbocycles. The monoisotopic (exact) mass is 723 g/mol. The number of benzene rings is 1. The van der Waals surface area contributed by atoms with Crippen LogP contribution in [-0.4, -0.2) is 89.5 Å². The minimum Gasteiger partial charge on any atom is -0.339 e. The molecule has 4 fully saturated rings. The van der Waals surface area contributed by atoms with E-state index in [0.717, 1.165) is 56.1 Å². The van der Waals surface area contributed by atoms with E-state index < -0.39 is 68.6 Å². The first-order valence-electron chi connectivity index (χ1n) is 18.6. The topological polar surface area (TPSA) is 186 Å². The van der Waals surface area contributed by atoms with Gasteiger partial charge in [-0.3, -0.25) is 19.1 Å². The molecular formula is C36H49N7O7S. The molecule has 5 N–H and O–H groups in total. The molecule has 1 aromatic rings. The molecule has 1 aromatic carbocycles. The number of hydrogen-bond acceptors (Lipinski definition) is 7. The summed E-state index contributed by atoms with van der Waals surface area (Å²) >= 11 is 0. The van der Waals surface area contributed by atoms with Gasteiger partial charge in [0.15, 0.2) is 0 Å². The van der Waals surface area contributed by atoms with E-state index in [0.29, 0.717) is 38.8 Å². The number of urea groups is 2. The second-order valence-electron chi connectivity index (χ2n) is 15.2. The quantitative estimate of drug-likeness (QED) is 0.279. The summed E-state index contributed by atoms with van der Waals surface area (Å²) in [4.78, 5) is 72.0. The Bertz CT molecular complexity index is 1670. The average Bonchev–Trinajstić information content (AvgIpc) is 3.88. The summed E-state index contributed by atoms with van der Waals surface area (Å²) in [7, 11) is -3.87. The van der Waals surface area contributed by atoms with E-state index in [2.05, 4.69) is 26.0 Å². The van der Waals surface area contributed by atoms with Crippen LogP contribution in [0, 0.1) is 5.92 Å². The lowest BCUT2D eigenvalue weighted by atomic mass is 10.0. The van der Waals surface area contributed by atoms with Crippen LogP contribution in [0.25, 0.3) is 0 Å². The van der Waals surface area contributed by atoms with E-state index in [1.807, 2.05) is 36.4 Å². The smallest absolute Gasteiger partial charge is 0.318 e. The van der Waals surface area contributed by atoms with Gasteiger partial charge in [-0.25, -0.2) is 18.0 Å². The molecule has 3 aliphatic carbocycles. The lowest BCUT2D eigenvalue weighted by Gasteiger charge is -2.30. The molecule has 1 saturated heterocycles. The van der Waals surface area contributed by atoms with Crippen molar-refractivity contribution < 1.29 is 32.4 Å². The van der Waals surface area contributed by atoms with Crippen molar-refractivity contribution >= 4 is 39.8 Å². The Morgan fingerprint density at radius 2 is 1.55 bits per heavy atom. The van der Waals surface area contributed by atoms with Gasteiger partial charge in [0.25, 0.3) is 5.91 Å². The van der Waals surface area contributed by atoms with Gasteiger partial charge in [0.05, 0.1) is 11.3 Å². The van der Waals surface area contributed by atoms with Crippen LogP contribution >= 0.6 is 0 Å². The summed E-state index contributed by atoms with van der Waals surface area (Å²) in [6.07, 6.45) is 12.3. The van der Waals surface area contributed by atoms with E-state index in [1.54, 1.807) is 4.90 Å². The predicted molar refractivity (Wildman–Crippen MR) is 187 cm³/mol. The lowest BCUT2D eigenvalue weighted by Crippen LogP contribution is -2.59. The van der Waals surface area contributed by atoms with Crippen LogP contribution in [0.4, 0.5) is 9.59 Å². The van der Waals surface area contributed by atoms with Gasteiger partial charge in [0.2, 0.25) is 21.8 Å². The van der Waals surface area contributed by atoms with Gasteiger partial charge in [-0.2, -0.15) is 0 Å². The van der Waals surface area contributed by atoms with Gasteiger partial charge in [-0.05, 0) is 68.9 Å². The molecule has 51 heavy (non-hydrogen) atoms. The van der Waals surface area contributed by atoms with Crippen molar-refractivity contribution in [1.29, 1.82) is 0 Å². The van der Waals surface area contributed by atoms with Gasteiger partial charge < -0.3 is 31.1 Å². The van der Waals surface area contributed by atoms with Crippen LogP contribution in [0.5, 0.6) is 0 Å². The zero-order valence-corrected chi connectivity index (χ0v) is 29.7. The third-order valence-electron chi connectivity index (χ3n) is 11.3. The first-order valence-corrected chi connectivity index (χ1v) is 20.1. The Morgan fingerprint density at radius 3 is 2.25 bits per heavy atom. The number of carbonyl (C=O) groups is 5. The standard InChI is InChI=1S/C36H49N7O7S/c44-31-30-18-27(38-35(48)42-20-23-10-6-7-11-24(23)21-42)22-43(30)32(45)29(39-34(47)37-26-13-8-9-14-26)15-5-3-1-2-4-12-25-19-36(25,40-31)33(46)41-51(49,50)28-16-17-28/h4,6-7,10-12,25-30H,1-3,5,8-9,13-22H2,(H,38,48)(H,40,44)(H,41,46)(H2,37,39,47)/t25-,27-,29+,30+,36-/m1/s1. The second-order valence-corrected chi connectivity index (χ2v) is 17.1. The normalized spacial score (nSPS) is 29.9. The highest BCUT2D eigenvalue weighted by Gasteiger charge is 2.62. The van der Waals surface area contributed by atoms with Crippen molar-refractivity contribution in [1.82, 2.24) is 35.8 Å². The summed E-state index contributed by atoms with van der Waals surface area (Å²) in [5, 5.41) is 11.2. The van der Waals surface area contributed by atoms with Crippen LogP contribution in [0.1, 0.15) is 94.6 Å². The molecule has 0 bridgehead atoms. The molecule has 0 spiro atoms. The molecule has 5 atom stereocenters. The van der Waals surface area contributed by atoms with Gasteiger partial charge in [-0.1, -0.05) is 62.1 Å². The van der Waals surface area contributed by atoms with E-state index in [4.69, 9.17) is 0 Å². The lowest BCUT2D eigenvalue weighted by molar-refractivity contribution is -0.141. The maximum absolute atomic E-state index is 14.4. The van der Waals surface area contributed by atoms with Crippen molar-refractivity contribution in [2.45, 2.75) is 132 Å². The van der Waals surface area contributed by atoms with E-state index in [1.165, 1.54) is 4.90 Å². The molecule has 3 aliphatic heterocycles. The maximum Gasteiger partial charge on any atom is 0.318 e. The number of carbonyl (C=O) groups excluding carboxylic acids is 5. The number of hydrogen-bond donors (Lipinski definition) is 5. The zero-order chi connectivity index (χ0) is 35.8. The van der Waals surface area contributed by atoms with Crippen molar-refractivity contribution in [3.63, 3.8) is 0 Å². The first-order chi connectivity index (χ1) is 24.5. The van der Waals surface area contributed by atoms with Gasteiger partial charge in [0.1, 0.15) is 17.6 Å². The number of allylic oxidation sites excluding steroid dienone is 1. The third kappa shape index (κ3) is 7.87. The minimum absolute atomic E-state index is 0.0322. The van der Waals surface area contributed by atoms with Gasteiger partial charge in [-0.15, -0.1) is 0 Å². The van der Waals surface area contributed by atoms with Crippen LogP contribution < -0.4 is 26.0 Å². The van der Waals surface area contributed by atoms with Crippen molar-refractivity contribution in [2.75, 3.05) is 6.54 Å². The molecule has 7 amide bonds. The number of sulfonamides is 1. The van der Waals surface area contributed by atoms with Crippen molar-refractivity contribution in [3.05, 3.63) is 47.5 Å². The first kappa shape index (κ1) is 35.3. The molecule has 7 rings (SSSR count). The Hall–Kier alpha value is -4.14. The van der Waals surface area contributed by atoms with Crippen LogP contribution in [0.3, 0.4) is 0 Å². The molecule has 14 nitrogen and oxygen atoms in total. The molecular weight excluding hydrogens is 675 g/mol. The fourth-order valence-corrected chi connectivity index (χ4v) is 9.47. The number of rotatable bonds is 6. The Labute approximate surface area is 298 Å². The largest absolute Gasteiger partial charge is 0.339 e. The van der Waals surface area contributed by atoms with Crippen molar-refractivity contribution in [2.24, 2.45) is 5.92 Å². The highest BCUT2D eigenvalue weighted by Crippen LogP contribution is 2.46. The molecule has 0 aromatic heterocycles. The highest BCUT2D eigenvalue weighted by atomic mass is 32.2. The molecule has 6 aliphatic rings. The van der Waals surface area contributed by atoms with E-state index in [-0.39, 0.29) is 31.5 Å². The van der Waals surface area contributed by atoms with Crippen LogP contribution in [-0.2, 0) is 37.5 Å². The van der Waals surface area contributed by atoms with Crippen molar-refractivity contribution in [3.8, 4) is 0 Å². The second kappa shape index (κ2) is 14.5. The third-order valence-corrected chi connectivity index (χ3v) is 13.2. The number of amides is 7. The van der Waals surface area contributed by atoms with Gasteiger partial charge in [0, 0.05) is 31.6 Å². The number of nitrogens with zero attached hydrogens (tertiary/aromatic N) is 2.